The van der Waals surface area contributed by atoms with Gasteiger partial charge in [0.2, 0.25) is 0 Å². The summed E-state index contributed by atoms with van der Waals surface area (Å²) in [5, 5.41) is 0. The van der Waals surface area contributed by atoms with E-state index in [4.69, 9.17) is 5.84 Å². The molecule has 2 nitrogen and oxygen atoms in total. The molecular formula is C15H16BrFN2. The second kappa shape index (κ2) is 5.82. The Morgan fingerprint density at radius 3 is 2.53 bits per heavy atom. The summed E-state index contributed by atoms with van der Waals surface area (Å²) in [6.07, 6.45) is 0. The van der Waals surface area contributed by atoms with E-state index >= 15 is 0 Å². The molecule has 0 aliphatic carbocycles. The second-order valence-corrected chi connectivity index (χ2v) is 5.48. The zero-order valence-electron chi connectivity index (χ0n) is 10.9. The molecule has 0 fully saturated rings. The van der Waals surface area contributed by atoms with Crippen molar-refractivity contribution in [1.82, 2.24) is 5.43 Å². The van der Waals surface area contributed by atoms with Gasteiger partial charge in [0, 0.05) is 4.47 Å². The molecule has 1 atom stereocenters. The summed E-state index contributed by atoms with van der Waals surface area (Å²) in [7, 11) is 0. The largest absolute Gasteiger partial charge is 0.271 e. The summed E-state index contributed by atoms with van der Waals surface area (Å²) >= 11 is 3.52. The molecule has 2 aromatic carbocycles. The van der Waals surface area contributed by atoms with Crippen LogP contribution >= 0.6 is 15.9 Å². The summed E-state index contributed by atoms with van der Waals surface area (Å²) < 4.78 is 14.4. The molecule has 2 rings (SSSR count). The first-order valence-electron chi connectivity index (χ1n) is 6.01. The Bertz CT molecular complexity index is 547. The Morgan fingerprint density at radius 1 is 1.11 bits per heavy atom. The van der Waals surface area contributed by atoms with Gasteiger partial charge in [0.05, 0.1) is 6.04 Å². The van der Waals surface area contributed by atoms with Crippen LogP contribution in [0.3, 0.4) is 0 Å². The second-order valence-electron chi connectivity index (χ2n) is 4.63. The molecule has 0 aromatic heterocycles. The van der Waals surface area contributed by atoms with Gasteiger partial charge in [-0.1, -0.05) is 39.7 Å². The standard InChI is InChI=1S/C15H16BrFN2/c1-9-3-6-14(16)13(7-9)15(19-18)12-8-11(17)5-4-10(12)2/h3-8,15,19H,18H2,1-2H3. The third-order valence-corrected chi connectivity index (χ3v) is 3.90. The highest BCUT2D eigenvalue weighted by atomic mass is 79.9. The van der Waals surface area contributed by atoms with E-state index in [2.05, 4.69) is 21.4 Å². The van der Waals surface area contributed by atoms with Gasteiger partial charge in [-0.25, -0.2) is 9.82 Å². The van der Waals surface area contributed by atoms with E-state index in [1.807, 2.05) is 32.0 Å². The average Bonchev–Trinajstić information content (AvgIpc) is 2.38. The smallest absolute Gasteiger partial charge is 0.123 e. The van der Waals surface area contributed by atoms with Gasteiger partial charge in [-0.3, -0.25) is 5.84 Å². The lowest BCUT2D eigenvalue weighted by atomic mass is 9.94. The quantitative estimate of drug-likeness (QED) is 0.667. The molecular weight excluding hydrogens is 307 g/mol. The molecule has 0 aliphatic rings. The van der Waals surface area contributed by atoms with E-state index in [1.165, 1.54) is 12.1 Å². The van der Waals surface area contributed by atoms with Crippen LogP contribution in [0.2, 0.25) is 0 Å². The predicted molar refractivity (Wildman–Crippen MR) is 79.2 cm³/mol. The Labute approximate surface area is 120 Å². The van der Waals surface area contributed by atoms with Gasteiger partial charge in [-0.2, -0.15) is 0 Å². The van der Waals surface area contributed by atoms with Crippen molar-refractivity contribution in [3.05, 3.63) is 68.9 Å². The van der Waals surface area contributed by atoms with Gasteiger partial charge in [0.25, 0.3) is 0 Å². The van der Waals surface area contributed by atoms with Gasteiger partial charge >= 0.3 is 0 Å². The zero-order valence-corrected chi connectivity index (χ0v) is 12.5. The Morgan fingerprint density at radius 2 is 1.84 bits per heavy atom. The zero-order chi connectivity index (χ0) is 14.0. The third kappa shape index (κ3) is 3.03. The number of hydrogen-bond donors (Lipinski definition) is 2. The maximum absolute atomic E-state index is 13.5. The van der Waals surface area contributed by atoms with E-state index in [-0.39, 0.29) is 11.9 Å². The molecule has 1 unspecified atom stereocenters. The number of nitrogens with two attached hydrogens (primary N) is 1. The molecule has 4 heteroatoms. The molecule has 2 aromatic rings. The monoisotopic (exact) mass is 322 g/mol. The van der Waals surface area contributed by atoms with Crippen molar-refractivity contribution in [2.24, 2.45) is 5.84 Å². The SMILES string of the molecule is Cc1ccc(Br)c(C(NN)c2cc(F)ccc2C)c1. The Hall–Kier alpha value is -1.23. The summed E-state index contributed by atoms with van der Waals surface area (Å²) in [6.45, 7) is 3.96. The van der Waals surface area contributed by atoms with Crippen molar-refractivity contribution in [2.45, 2.75) is 19.9 Å². The van der Waals surface area contributed by atoms with Gasteiger partial charge < -0.3 is 0 Å². The van der Waals surface area contributed by atoms with Crippen LogP contribution in [0.25, 0.3) is 0 Å². The molecule has 0 amide bonds. The van der Waals surface area contributed by atoms with E-state index in [1.54, 1.807) is 6.07 Å². The molecule has 0 spiro atoms. The minimum atomic E-state index is -0.260. The number of halogens is 2. The summed E-state index contributed by atoms with van der Waals surface area (Å²) in [6, 6.07) is 10.5. The van der Waals surface area contributed by atoms with Crippen molar-refractivity contribution >= 4 is 15.9 Å². The van der Waals surface area contributed by atoms with Crippen LogP contribution in [-0.2, 0) is 0 Å². The van der Waals surface area contributed by atoms with E-state index in [9.17, 15) is 4.39 Å². The maximum atomic E-state index is 13.5. The summed E-state index contributed by atoms with van der Waals surface area (Å²) in [5.41, 5.74) is 6.74. The lowest BCUT2D eigenvalue weighted by Crippen LogP contribution is -2.29. The number of aryl methyl sites for hydroxylation is 2. The summed E-state index contributed by atoms with van der Waals surface area (Å²) in [5.74, 6) is 5.42. The van der Waals surface area contributed by atoms with E-state index in [0.29, 0.717) is 0 Å². The highest BCUT2D eigenvalue weighted by molar-refractivity contribution is 9.10. The van der Waals surface area contributed by atoms with Crippen molar-refractivity contribution in [3.8, 4) is 0 Å². The van der Waals surface area contributed by atoms with Crippen LogP contribution < -0.4 is 11.3 Å². The van der Waals surface area contributed by atoms with Gasteiger partial charge in [-0.05, 0) is 48.7 Å². The van der Waals surface area contributed by atoms with Gasteiger partial charge in [0.1, 0.15) is 5.82 Å². The molecule has 19 heavy (non-hydrogen) atoms. The van der Waals surface area contributed by atoms with Crippen molar-refractivity contribution in [3.63, 3.8) is 0 Å². The first-order chi connectivity index (χ1) is 9.02. The highest BCUT2D eigenvalue weighted by Gasteiger charge is 2.18. The van der Waals surface area contributed by atoms with Crippen LogP contribution in [0.4, 0.5) is 4.39 Å². The molecule has 0 saturated carbocycles. The predicted octanol–water partition coefficient (Wildman–Crippen LogP) is 3.76. The third-order valence-electron chi connectivity index (χ3n) is 3.18. The normalized spacial score (nSPS) is 12.5. The fourth-order valence-electron chi connectivity index (χ4n) is 2.15. The number of benzene rings is 2. The van der Waals surface area contributed by atoms with Crippen LogP contribution in [0.15, 0.2) is 40.9 Å². The van der Waals surface area contributed by atoms with Crippen LogP contribution in [-0.4, -0.2) is 0 Å². The molecule has 0 bridgehead atoms. The van der Waals surface area contributed by atoms with Gasteiger partial charge in [-0.15, -0.1) is 0 Å². The fourth-order valence-corrected chi connectivity index (χ4v) is 2.63. The molecule has 3 N–H and O–H groups in total. The molecule has 100 valence electrons. The van der Waals surface area contributed by atoms with Crippen LogP contribution in [0, 0.1) is 19.7 Å². The van der Waals surface area contributed by atoms with Crippen molar-refractivity contribution in [2.75, 3.05) is 0 Å². The first-order valence-corrected chi connectivity index (χ1v) is 6.80. The van der Waals surface area contributed by atoms with Crippen molar-refractivity contribution in [1.29, 1.82) is 0 Å². The molecule has 0 saturated heterocycles. The highest BCUT2D eigenvalue weighted by Crippen LogP contribution is 2.31. The van der Waals surface area contributed by atoms with Crippen LogP contribution in [0.1, 0.15) is 28.3 Å². The van der Waals surface area contributed by atoms with Gasteiger partial charge in [0.15, 0.2) is 0 Å². The molecule has 0 radical (unpaired) electrons. The number of hydrazine groups is 1. The lowest BCUT2D eigenvalue weighted by Gasteiger charge is -2.21. The lowest BCUT2D eigenvalue weighted by molar-refractivity contribution is 0.601. The first kappa shape index (κ1) is 14.2. The topological polar surface area (TPSA) is 38.0 Å². The Balaban J connectivity index is 2.55. The van der Waals surface area contributed by atoms with E-state index in [0.717, 1.165) is 26.7 Å². The minimum absolute atomic E-state index is 0.245. The number of nitrogens with one attached hydrogen (secondary N) is 1. The van der Waals surface area contributed by atoms with E-state index < -0.39 is 0 Å². The van der Waals surface area contributed by atoms with Crippen LogP contribution in [0.5, 0.6) is 0 Å². The minimum Gasteiger partial charge on any atom is -0.271 e. The number of rotatable bonds is 3. The fraction of sp³-hybridized carbons (Fsp3) is 0.200. The Kier molecular flexibility index (Phi) is 4.34. The maximum Gasteiger partial charge on any atom is 0.123 e. The number of hydrogen-bond acceptors (Lipinski definition) is 2. The summed E-state index contributed by atoms with van der Waals surface area (Å²) in [4.78, 5) is 0. The molecule has 0 heterocycles. The average molecular weight is 323 g/mol. The van der Waals surface area contributed by atoms with Crippen molar-refractivity contribution < 1.29 is 4.39 Å². The molecule has 0 aliphatic heterocycles.